The summed E-state index contributed by atoms with van der Waals surface area (Å²) in [5.41, 5.74) is 0.466. The molecule has 6 nitrogen and oxygen atoms in total. The summed E-state index contributed by atoms with van der Waals surface area (Å²) in [6, 6.07) is 9.84. The van der Waals surface area contributed by atoms with Gasteiger partial charge in [-0.05, 0) is 63.4 Å². The monoisotopic (exact) mass is 374 g/mol. The Labute approximate surface area is 156 Å². The van der Waals surface area contributed by atoms with E-state index in [9.17, 15) is 14.4 Å². The Kier molecular flexibility index (Phi) is 6.15. The van der Waals surface area contributed by atoms with Gasteiger partial charge in [-0.3, -0.25) is 9.59 Å². The first-order chi connectivity index (χ1) is 12.2. The number of rotatable bonds is 5. The normalized spacial score (nSPS) is 12.2. The molecule has 0 aliphatic rings. The summed E-state index contributed by atoms with van der Waals surface area (Å²) in [6.45, 7) is 7.07. The van der Waals surface area contributed by atoms with Crippen molar-refractivity contribution in [3.05, 3.63) is 52.2 Å². The van der Waals surface area contributed by atoms with Crippen molar-refractivity contribution >= 4 is 34.8 Å². The van der Waals surface area contributed by atoms with Gasteiger partial charge in [0.25, 0.3) is 11.8 Å². The molecule has 0 radical (unpaired) electrons. The van der Waals surface area contributed by atoms with Crippen molar-refractivity contribution in [1.29, 1.82) is 0 Å². The van der Waals surface area contributed by atoms with E-state index in [0.717, 1.165) is 0 Å². The Morgan fingerprint density at radius 3 is 2.27 bits per heavy atom. The highest BCUT2D eigenvalue weighted by Gasteiger charge is 2.22. The summed E-state index contributed by atoms with van der Waals surface area (Å²) in [4.78, 5) is 36.7. The average molecular weight is 374 g/mol. The van der Waals surface area contributed by atoms with Crippen LogP contribution in [-0.4, -0.2) is 29.4 Å². The Hall–Kier alpha value is -2.67. The lowest BCUT2D eigenvalue weighted by Gasteiger charge is -2.23. The Morgan fingerprint density at radius 2 is 1.73 bits per heavy atom. The zero-order valence-electron chi connectivity index (χ0n) is 15.2. The van der Waals surface area contributed by atoms with Crippen LogP contribution in [0.15, 0.2) is 41.8 Å². The summed E-state index contributed by atoms with van der Waals surface area (Å²) >= 11 is 1.35. The van der Waals surface area contributed by atoms with Crippen molar-refractivity contribution in [2.45, 2.75) is 39.3 Å². The van der Waals surface area contributed by atoms with E-state index in [-0.39, 0.29) is 11.8 Å². The van der Waals surface area contributed by atoms with Gasteiger partial charge in [-0.2, -0.15) is 0 Å². The van der Waals surface area contributed by atoms with E-state index in [1.807, 2.05) is 26.2 Å². The predicted molar refractivity (Wildman–Crippen MR) is 101 cm³/mol. The second kappa shape index (κ2) is 8.14. The maximum atomic E-state index is 12.2. The van der Waals surface area contributed by atoms with Gasteiger partial charge in [0.1, 0.15) is 0 Å². The fraction of sp³-hybridized carbons (Fsp3) is 0.316. The fourth-order valence-corrected chi connectivity index (χ4v) is 2.66. The van der Waals surface area contributed by atoms with E-state index < -0.39 is 17.6 Å². The average Bonchev–Trinajstić information content (AvgIpc) is 3.08. The number of carbonyl (C=O) groups excluding carboxylic acids is 3. The summed E-state index contributed by atoms with van der Waals surface area (Å²) in [6.07, 6.45) is -0.903. The van der Waals surface area contributed by atoms with E-state index in [2.05, 4.69) is 10.6 Å². The molecule has 1 aromatic carbocycles. The van der Waals surface area contributed by atoms with Crippen molar-refractivity contribution in [1.82, 2.24) is 5.32 Å². The topological polar surface area (TPSA) is 84.5 Å². The van der Waals surface area contributed by atoms with Crippen LogP contribution in [0.2, 0.25) is 0 Å². The zero-order chi connectivity index (χ0) is 19.3. The van der Waals surface area contributed by atoms with Crippen LogP contribution in [0.3, 0.4) is 0 Å². The summed E-state index contributed by atoms with van der Waals surface area (Å²) < 4.78 is 5.19. The lowest BCUT2D eigenvalue weighted by molar-refractivity contribution is -0.130. The molecule has 26 heavy (non-hydrogen) atoms. The van der Waals surface area contributed by atoms with E-state index in [1.54, 1.807) is 36.4 Å². The molecule has 0 aliphatic heterocycles. The van der Waals surface area contributed by atoms with Crippen LogP contribution < -0.4 is 10.6 Å². The van der Waals surface area contributed by atoms with Crippen molar-refractivity contribution < 1.29 is 19.1 Å². The van der Waals surface area contributed by atoms with Gasteiger partial charge in [-0.25, -0.2) is 4.79 Å². The molecule has 2 aromatic rings. The molecule has 1 atom stereocenters. The summed E-state index contributed by atoms with van der Waals surface area (Å²) in [5.74, 6) is -1.16. The number of anilines is 1. The van der Waals surface area contributed by atoms with Crippen molar-refractivity contribution in [3.8, 4) is 0 Å². The minimum Gasteiger partial charge on any atom is -0.449 e. The van der Waals surface area contributed by atoms with Gasteiger partial charge in [0, 0.05) is 11.2 Å². The Balaban J connectivity index is 1.94. The summed E-state index contributed by atoms with van der Waals surface area (Å²) in [7, 11) is 0. The SMILES string of the molecule is C[C@H](OC(=O)c1ccc(NC(=O)c2cccs2)cc1)C(=O)NC(C)(C)C. The van der Waals surface area contributed by atoms with E-state index in [0.29, 0.717) is 16.1 Å². The molecule has 2 amide bonds. The third-order valence-corrected chi connectivity index (χ3v) is 4.14. The first kappa shape index (κ1) is 19.7. The lowest BCUT2D eigenvalue weighted by atomic mass is 10.1. The Bertz CT molecular complexity index is 777. The second-order valence-electron chi connectivity index (χ2n) is 6.80. The highest BCUT2D eigenvalue weighted by molar-refractivity contribution is 7.12. The third-order valence-electron chi connectivity index (χ3n) is 3.27. The molecular weight excluding hydrogens is 352 g/mol. The highest BCUT2D eigenvalue weighted by Crippen LogP contribution is 2.15. The number of carbonyl (C=O) groups is 3. The van der Waals surface area contributed by atoms with Crippen molar-refractivity contribution in [3.63, 3.8) is 0 Å². The maximum absolute atomic E-state index is 12.2. The van der Waals surface area contributed by atoms with E-state index in [4.69, 9.17) is 4.74 Å². The maximum Gasteiger partial charge on any atom is 0.338 e. The van der Waals surface area contributed by atoms with Crippen molar-refractivity contribution in [2.75, 3.05) is 5.32 Å². The molecular formula is C19H22N2O4S. The minimum atomic E-state index is -0.903. The molecule has 7 heteroatoms. The first-order valence-electron chi connectivity index (χ1n) is 8.13. The molecule has 0 bridgehead atoms. The van der Waals surface area contributed by atoms with Crippen LogP contribution in [0.1, 0.15) is 47.7 Å². The van der Waals surface area contributed by atoms with Crippen LogP contribution in [0.4, 0.5) is 5.69 Å². The highest BCUT2D eigenvalue weighted by atomic mass is 32.1. The molecule has 2 N–H and O–H groups in total. The Morgan fingerprint density at radius 1 is 1.08 bits per heavy atom. The van der Waals surface area contributed by atoms with Gasteiger partial charge in [-0.15, -0.1) is 11.3 Å². The van der Waals surface area contributed by atoms with Crippen LogP contribution >= 0.6 is 11.3 Å². The van der Waals surface area contributed by atoms with Gasteiger partial charge in [0.15, 0.2) is 6.10 Å². The summed E-state index contributed by atoms with van der Waals surface area (Å²) in [5, 5.41) is 7.33. The van der Waals surface area contributed by atoms with Gasteiger partial charge >= 0.3 is 5.97 Å². The molecule has 0 saturated heterocycles. The lowest BCUT2D eigenvalue weighted by Crippen LogP contribution is -2.46. The number of nitrogens with one attached hydrogen (secondary N) is 2. The smallest absolute Gasteiger partial charge is 0.338 e. The molecule has 0 unspecified atom stereocenters. The largest absolute Gasteiger partial charge is 0.449 e. The molecule has 0 spiro atoms. The molecule has 0 saturated carbocycles. The van der Waals surface area contributed by atoms with Crippen LogP contribution in [0.5, 0.6) is 0 Å². The molecule has 138 valence electrons. The van der Waals surface area contributed by atoms with Crippen LogP contribution in [-0.2, 0) is 9.53 Å². The number of amides is 2. The number of hydrogen-bond acceptors (Lipinski definition) is 5. The molecule has 2 rings (SSSR count). The standard InChI is InChI=1S/C19H22N2O4S/c1-12(16(22)21-19(2,3)4)25-18(24)13-7-9-14(10-8-13)20-17(23)15-6-5-11-26-15/h5-12H,1-4H3,(H,20,23)(H,21,22)/t12-/m0/s1. The quantitative estimate of drug-likeness (QED) is 0.785. The van der Waals surface area contributed by atoms with Gasteiger partial charge in [-0.1, -0.05) is 6.07 Å². The van der Waals surface area contributed by atoms with Gasteiger partial charge < -0.3 is 15.4 Å². The van der Waals surface area contributed by atoms with E-state index >= 15 is 0 Å². The minimum absolute atomic E-state index is 0.206. The number of ether oxygens (including phenoxy) is 1. The number of benzene rings is 1. The second-order valence-corrected chi connectivity index (χ2v) is 7.74. The van der Waals surface area contributed by atoms with Crippen LogP contribution in [0, 0.1) is 0 Å². The van der Waals surface area contributed by atoms with Gasteiger partial charge in [0.2, 0.25) is 0 Å². The molecule has 1 heterocycles. The molecule has 0 aliphatic carbocycles. The molecule has 0 fully saturated rings. The van der Waals surface area contributed by atoms with Gasteiger partial charge in [0.05, 0.1) is 10.4 Å². The van der Waals surface area contributed by atoms with E-state index in [1.165, 1.54) is 18.3 Å². The predicted octanol–water partition coefficient (Wildman–Crippen LogP) is 3.46. The third kappa shape index (κ3) is 5.70. The van der Waals surface area contributed by atoms with Crippen molar-refractivity contribution in [2.24, 2.45) is 0 Å². The number of hydrogen-bond donors (Lipinski definition) is 2. The zero-order valence-corrected chi connectivity index (χ0v) is 16.0. The number of esters is 1. The first-order valence-corrected chi connectivity index (χ1v) is 9.01. The number of thiophene rings is 1. The van der Waals surface area contributed by atoms with Crippen LogP contribution in [0.25, 0.3) is 0 Å². The molecule has 1 aromatic heterocycles. The fourth-order valence-electron chi connectivity index (χ4n) is 2.04.